The van der Waals surface area contributed by atoms with Gasteiger partial charge in [0, 0.05) is 18.9 Å². The van der Waals surface area contributed by atoms with Crippen molar-refractivity contribution < 1.29 is 9.53 Å². The lowest BCUT2D eigenvalue weighted by Gasteiger charge is -2.32. The van der Waals surface area contributed by atoms with Crippen molar-refractivity contribution in [2.45, 2.75) is 38.2 Å². The van der Waals surface area contributed by atoms with E-state index in [1.807, 2.05) is 4.90 Å². The zero-order valence-electron chi connectivity index (χ0n) is 14.4. The van der Waals surface area contributed by atoms with Gasteiger partial charge in [-0.05, 0) is 42.4 Å². The van der Waals surface area contributed by atoms with Gasteiger partial charge >= 0.3 is 0 Å². The Hall–Kier alpha value is -2.27. The number of aryl methyl sites for hydroxylation is 2. The van der Waals surface area contributed by atoms with Crippen molar-refractivity contribution in [3.63, 3.8) is 0 Å². The topological polar surface area (TPSA) is 55.3 Å². The highest BCUT2D eigenvalue weighted by Gasteiger charge is 2.26. The SMILES string of the molecule is O=C(Cc1ccc2c(c1)CCCC2)N1CCO[C@H](c2cnccn2)C1. The van der Waals surface area contributed by atoms with Gasteiger partial charge in [-0.25, -0.2) is 0 Å². The van der Waals surface area contributed by atoms with Crippen molar-refractivity contribution in [1.82, 2.24) is 14.9 Å². The number of carbonyl (C=O) groups is 1. The normalized spacial score (nSPS) is 20.2. The summed E-state index contributed by atoms with van der Waals surface area (Å²) in [7, 11) is 0. The van der Waals surface area contributed by atoms with Gasteiger partial charge in [-0.15, -0.1) is 0 Å². The molecular formula is C20H23N3O2. The molecule has 2 aliphatic rings. The summed E-state index contributed by atoms with van der Waals surface area (Å²) in [5, 5.41) is 0. The van der Waals surface area contributed by atoms with E-state index in [4.69, 9.17) is 4.74 Å². The molecule has 1 aliphatic carbocycles. The second-order valence-corrected chi connectivity index (χ2v) is 6.82. The molecule has 25 heavy (non-hydrogen) atoms. The van der Waals surface area contributed by atoms with E-state index in [0.29, 0.717) is 26.1 Å². The van der Waals surface area contributed by atoms with Crippen molar-refractivity contribution in [2.75, 3.05) is 19.7 Å². The highest BCUT2D eigenvalue weighted by atomic mass is 16.5. The Morgan fingerprint density at radius 1 is 1.20 bits per heavy atom. The lowest BCUT2D eigenvalue weighted by molar-refractivity contribution is -0.138. The molecule has 4 rings (SSSR count). The Morgan fingerprint density at radius 3 is 2.92 bits per heavy atom. The van der Waals surface area contributed by atoms with Crippen molar-refractivity contribution >= 4 is 5.91 Å². The van der Waals surface area contributed by atoms with Crippen LogP contribution in [0.5, 0.6) is 0 Å². The molecule has 130 valence electrons. The highest BCUT2D eigenvalue weighted by Crippen LogP contribution is 2.24. The first-order valence-electron chi connectivity index (χ1n) is 9.05. The summed E-state index contributed by atoms with van der Waals surface area (Å²) in [4.78, 5) is 23.0. The zero-order chi connectivity index (χ0) is 17.1. The van der Waals surface area contributed by atoms with Crippen LogP contribution < -0.4 is 0 Å². The fourth-order valence-corrected chi connectivity index (χ4v) is 3.71. The first-order chi connectivity index (χ1) is 12.3. The Labute approximate surface area is 148 Å². The van der Waals surface area contributed by atoms with Crippen LogP contribution in [-0.4, -0.2) is 40.5 Å². The van der Waals surface area contributed by atoms with Gasteiger partial charge in [-0.3, -0.25) is 14.8 Å². The lowest BCUT2D eigenvalue weighted by atomic mass is 9.90. The monoisotopic (exact) mass is 337 g/mol. The highest BCUT2D eigenvalue weighted by molar-refractivity contribution is 5.79. The van der Waals surface area contributed by atoms with Crippen LogP contribution >= 0.6 is 0 Å². The molecule has 0 unspecified atom stereocenters. The molecular weight excluding hydrogens is 314 g/mol. The van der Waals surface area contributed by atoms with E-state index in [-0.39, 0.29) is 12.0 Å². The number of carbonyl (C=O) groups excluding carboxylic acids is 1. The summed E-state index contributed by atoms with van der Waals surface area (Å²) >= 11 is 0. The van der Waals surface area contributed by atoms with Gasteiger partial charge < -0.3 is 9.64 Å². The van der Waals surface area contributed by atoms with Gasteiger partial charge in [0.25, 0.3) is 0 Å². The van der Waals surface area contributed by atoms with E-state index in [1.165, 1.54) is 30.4 Å². The van der Waals surface area contributed by atoms with Crippen LogP contribution in [0, 0.1) is 0 Å². The van der Waals surface area contributed by atoms with Gasteiger partial charge in [-0.1, -0.05) is 18.2 Å². The maximum absolute atomic E-state index is 12.7. The van der Waals surface area contributed by atoms with Crippen LogP contribution in [0.15, 0.2) is 36.8 Å². The Morgan fingerprint density at radius 2 is 2.08 bits per heavy atom. The maximum atomic E-state index is 12.7. The van der Waals surface area contributed by atoms with Crippen LogP contribution in [0.2, 0.25) is 0 Å². The van der Waals surface area contributed by atoms with Crippen LogP contribution in [0.4, 0.5) is 0 Å². The second kappa shape index (κ2) is 7.31. The molecule has 1 aliphatic heterocycles. The largest absolute Gasteiger partial charge is 0.368 e. The molecule has 5 heteroatoms. The first-order valence-corrected chi connectivity index (χ1v) is 9.05. The summed E-state index contributed by atoms with van der Waals surface area (Å²) in [6.07, 6.45) is 10.1. The van der Waals surface area contributed by atoms with Crippen LogP contribution in [0.25, 0.3) is 0 Å². The fraction of sp³-hybridized carbons (Fsp3) is 0.450. The van der Waals surface area contributed by atoms with E-state index >= 15 is 0 Å². The molecule has 1 aromatic heterocycles. The van der Waals surface area contributed by atoms with Gasteiger partial charge in [0.1, 0.15) is 6.10 Å². The van der Waals surface area contributed by atoms with E-state index in [9.17, 15) is 4.79 Å². The Bertz CT molecular complexity index is 748. The van der Waals surface area contributed by atoms with E-state index in [1.54, 1.807) is 18.6 Å². The maximum Gasteiger partial charge on any atom is 0.227 e. The van der Waals surface area contributed by atoms with E-state index < -0.39 is 0 Å². The molecule has 0 bridgehead atoms. The summed E-state index contributed by atoms with van der Waals surface area (Å²) < 4.78 is 5.77. The van der Waals surface area contributed by atoms with Crippen molar-refractivity contribution in [1.29, 1.82) is 0 Å². The van der Waals surface area contributed by atoms with Crippen molar-refractivity contribution in [3.8, 4) is 0 Å². The predicted molar refractivity (Wildman–Crippen MR) is 94.1 cm³/mol. The molecule has 0 spiro atoms. The minimum atomic E-state index is -0.185. The smallest absolute Gasteiger partial charge is 0.227 e. The molecule has 2 heterocycles. The first kappa shape index (κ1) is 16.2. The number of aromatic nitrogens is 2. The third kappa shape index (κ3) is 3.71. The summed E-state index contributed by atoms with van der Waals surface area (Å²) in [6, 6.07) is 6.55. The molecule has 2 aromatic rings. The van der Waals surface area contributed by atoms with Gasteiger partial charge in [0.15, 0.2) is 0 Å². The lowest BCUT2D eigenvalue weighted by Crippen LogP contribution is -2.43. The van der Waals surface area contributed by atoms with Gasteiger partial charge in [0.2, 0.25) is 5.91 Å². The molecule has 1 aromatic carbocycles. The summed E-state index contributed by atoms with van der Waals surface area (Å²) in [6.45, 7) is 1.72. The quantitative estimate of drug-likeness (QED) is 0.863. The Balaban J connectivity index is 1.42. The van der Waals surface area contributed by atoms with Crippen LogP contribution in [0.1, 0.15) is 41.3 Å². The molecule has 0 N–H and O–H groups in total. The number of ether oxygens (including phenoxy) is 1. The third-order valence-corrected chi connectivity index (χ3v) is 5.10. The number of fused-ring (bicyclic) bond motifs is 1. The molecule has 1 atom stereocenters. The second-order valence-electron chi connectivity index (χ2n) is 6.82. The molecule has 0 saturated carbocycles. The minimum absolute atomic E-state index is 0.160. The third-order valence-electron chi connectivity index (χ3n) is 5.10. The molecule has 0 radical (unpaired) electrons. The van der Waals surface area contributed by atoms with Gasteiger partial charge in [0.05, 0.1) is 31.5 Å². The number of hydrogen-bond donors (Lipinski definition) is 0. The summed E-state index contributed by atoms with van der Waals surface area (Å²) in [5.74, 6) is 0.160. The van der Waals surface area contributed by atoms with E-state index in [0.717, 1.165) is 17.7 Å². The van der Waals surface area contributed by atoms with Gasteiger partial charge in [-0.2, -0.15) is 0 Å². The average Bonchev–Trinajstić information content (AvgIpc) is 2.69. The average molecular weight is 337 g/mol. The Kier molecular flexibility index (Phi) is 4.74. The molecule has 1 fully saturated rings. The zero-order valence-corrected chi connectivity index (χ0v) is 14.4. The number of morpholine rings is 1. The molecule has 1 saturated heterocycles. The number of rotatable bonds is 3. The van der Waals surface area contributed by atoms with Crippen molar-refractivity contribution in [3.05, 3.63) is 59.2 Å². The molecule has 1 amide bonds. The number of benzene rings is 1. The van der Waals surface area contributed by atoms with Crippen molar-refractivity contribution in [2.24, 2.45) is 0 Å². The minimum Gasteiger partial charge on any atom is -0.368 e. The van der Waals surface area contributed by atoms with Crippen LogP contribution in [0.3, 0.4) is 0 Å². The van der Waals surface area contributed by atoms with E-state index in [2.05, 4.69) is 28.2 Å². The number of nitrogens with zero attached hydrogens (tertiary/aromatic N) is 3. The van der Waals surface area contributed by atoms with Crippen LogP contribution in [-0.2, 0) is 28.8 Å². The number of hydrogen-bond acceptors (Lipinski definition) is 4. The number of amides is 1. The molecule has 5 nitrogen and oxygen atoms in total. The standard InChI is InChI=1S/C20H23N3O2/c24-20(12-15-5-6-16-3-1-2-4-17(16)11-15)23-9-10-25-19(14-23)18-13-21-7-8-22-18/h5-8,11,13,19H,1-4,9-10,12,14H2/t19-/m0/s1. The summed E-state index contributed by atoms with van der Waals surface area (Å²) in [5.41, 5.74) is 4.79. The fourth-order valence-electron chi connectivity index (χ4n) is 3.71. The predicted octanol–water partition coefficient (Wildman–Crippen LogP) is 2.50.